The highest BCUT2D eigenvalue weighted by molar-refractivity contribution is 6.08. The molecule has 0 spiro atoms. The van der Waals surface area contributed by atoms with Gasteiger partial charge in [0.2, 0.25) is 5.91 Å². The second kappa shape index (κ2) is 4.71. The highest BCUT2D eigenvalue weighted by Crippen LogP contribution is 2.33. The number of carbonyl (C=O) groups is 3. The third kappa shape index (κ3) is 2.64. The van der Waals surface area contributed by atoms with Crippen molar-refractivity contribution in [2.45, 2.75) is 32.1 Å². The summed E-state index contributed by atoms with van der Waals surface area (Å²) in [5, 5.41) is 3.08. The maximum Gasteiger partial charge on any atom is 0.440 e. The van der Waals surface area contributed by atoms with Gasteiger partial charge < -0.3 is 5.32 Å². The standard InChI is InChI=1S/C10H14F3N3O3/c1-5(2)4-6(17)14-9(10(11,12)13)7(18)16(3)8(19)15-9/h5H,4H2,1-3H3,(H,14,17)(H,15,19)/t9-/m0/s1. The molecule has 108 valence electrons. The molecule has 0 radical (unpaired) electrons. The van der Waals surface area contributed by atoms with E-state index in [0.29, 0.717) is 0 Å². The molecule has 0 bridgehead atoms. The van der Waals surface area contributed by atoms with E-state index in [1.165, 1.54) is 5.32 Å². The predicted molar refractivity (Wildman–Crippen MR) is 57.7 cm³/mol. The van der Waals surface area contributed by atoms with E-state index in [2.05, 4.69) is 0 Å². The summed E-state index contributed by atoms with van der Waals surface area (Å²) >= 11 is 0. The number of hydrogen-bond acceptors (Lipinski definition) is 3. The number of nitrogens with one attached hydrogen (secondary N) is 2. The van der Waals surface area contributed by atoms with E-state index in [1.54, 1.807) is 19.2 Å². The molecule has 19 heavy (non-hydrogen) atoms. The number of halogens is 3. The molecule has 1 rings (SSSR count). The average Bonchev–Trinajstić information content (AvgIpc) is 2.42. The molecule has 9 heteroatoms. The molecular weight excluding hydrogens is 267 g/mol. The first-order chi connectivity index (χ1) is 8.51. The second-order valence-corrected chi connectivity index (χ2v) is 4.69. The van der Waals surface area contributed by atoms with Gasteiger partial charge in [0.1, 0.15) is 0 Å². The maximum absolute atomic E-state index is 13.0. The van der Waals surface area contributed by atoms with E-state index >= 15 is 0 Å². The van der Waals surface area contributed by atoms with Crippen molar-refractivity contribution in [2.24, 2.45) is 5.92 Å². The van der Waals surface area contributed by atoms with Crippen molar-refractivity contribution in [3.63, 3.8) is 0 Å². The number of carbonyl (C=O) groups excluding carboxylic acids is 3. The summed E-state index contributed by atoms with van der Waals surface area (Å²) in [6.07, 6.45) is -5.32. The highest BCUT2D eigenvalue weighted by atomic mass is 19.4. The van der Waals surface area contributed by atoms with Crippen LogP contribution in [-0.2, 0) is 9.59 Å². The fraction of sp³-hybridized carbons (Fsp3) is 0.700. The van der Waals surface area contributed by atoms with Gasteiger partial charge >= 0.3 is 12.2 Å². The van der Waals surface area contributed by atoms with Crippen LogP contribution in [0.1, 0.15) is 20.3 Å². The smallest absolute Gasteiger partial charge is 0.318 e. The van der Waals surface area contributed by atoms with Gasteiger partial charge in [-0.05, 0) is 5.92 Å². The fourth-order valence-electron chi connectivity index (χ4n) is 1.62. The van der Waals surface area contributed by atoms with Crippen molar-refractivity contribution >= 4 is 17.8 Å². The van der Waals surface area contributed by atoms with Gasteiger partial charge in [-0.15, -0.1) is 0 Å². The van der Waals surface area contributed by atoms with Crippen LogP contribution in [0.3, 0.4) is 0 Å². The Bertz CT molecular complexity index is 422. The summed E-state index contributed by atoms with van der Waals surface area (Å²) in [7, 11) is 0.903. The molecule has 1 aliphatic rings. The average molecular weight is 281 g/mol. The van der Waals surface area contributed by atoms with E-state index in [9.17, 15) is 27.6 Å². The van der Waals surface area contributed by atoms with Gasteiger partial charge in [0.25, 0.3) is 11.6 Å². The molecule has 1 heterocycles. The number of likely N-dealkylation sites (N-methyl/N-ethyl adjacent to an activating group) is 1. The molecule has 0 saturated carbocycles. The van der Waals surface area contributed by atoms with Gasteiger partial charge in [-0.2, -0.15) is 13.2 Å². The lowest BCUT2D eigenvalue weighted by Gasteiger charge is -2.29. The zero-order valence-corrected chi connectivity index (χ0v) is 10.6. The Hall–Kier alpha value is -1.80. The Morgan fingerprint density at radius 2 is 1.95 bits per heavy atom. The highest BCUT2D eigenvalue weighted by Gasteiger charge is 2.68. The van der Waals surface area contributed by atoms with Gasteiger partial charge in [-0.25, -0.2) is 4.79 Å². The van der Waals surface area contributed by atoms with Crippen LogP contribution in [0, 0.1) is 5.92 Å². The van der Waals surface area contributed by atoms with Crippen LogP contribution in [0.15, 0.2) is 0 Å². The number of nitrogens with zero attached hydrogens (tertiary/aromatic N) is 1. The van der Waals surface area contributed by atoms with Gasteiger partial charge in [-0.1, -0.05) is 13.8 Å². The van der Waals surface area contributed by atoms with E-state index in [1.807, 2.05) is 0 Å². The van der Waals surface area contributed by atoms with Gasteiger partial charge in [0.15, 0.2) is 0 Å². The van der Waals surface area contributed by atoms with Crippen molar-refractivity contribution in [3.05, 3.63) is 0 Å². The molecule has 0 aromatic heterocycles. The normalized spacial score (nSPS) is 23.8. The van der Waals surface area contributed by atoms with Crippen LogP contribution in [0.4, 0.5) is 18.0 Å². The molecule has 6 nitrogen and oxygen atoms in total. The monoisotopic (exact) mass is 281 g/mol. The Morgan fingerprint density at radius 3 is 2.26 bits per heavy atom. The number of alkyl halides is 3. The summed E-state index contributed by atoms with van der Waals surface area (Å²) in [6, 6.07) is -1.22. The molecule has 1 aliphatic heterocycles. The van der Waals surface area contributed by atoms with Gasteiger partial charge in [0, 0.05) is 13.5 Å². The first-order valence-corrected chi connectivity index (χ1v) is 5.49. The first kappa shape index (κ1) is 15.3. The fourth-order valence-corrected chi connectivity index (χ4v) is 1.62. The zero-order chi connectivity index (χ0) is 15.0. The lowest BCUT2D eigenvalue weighted by Crippen LogP contribution is -2.69. The summed E-state index contributed by atoms with van der Waals surface area (Å²) in [6.45, 7) is 3.28. The van der Waals surface area contributed by atoms with Crippen LogP contribution in [0.25, 0.3) is 0 Å². The van der Waals surface area contributed by atoms with Crippen molar-refractivity contribution in [2.75, 3.05) is 7.05 Å². The van der Waals surface area contributed by atoms with E-state index in [4.69, 9.17) is 0 Å². The molecule has 1 fully saturated rings. The van der Waals surface area contributed by atoms with E-state index in [0.717, 1.165) is 7.05 Å². The topological polar surface area (TPSA) is 78.5 Å². The van der Waals surface area contributed by atoms with E-state index in [-0.39, 0.29) is 17.2 Å². The predicted octanol–water partition coefficient (Wildman–Crippen LogP) is 0.589. The lowest BCUT2D eigenvalue weighted by molar-refractivity contribution is -0.204. The van der Waals surface area contributed by atoms with Crippen molar-refractivity contribution in [1.29, 1.82) is 0 Å². The number of imide groups is 1. The van der Waals surface area contributed by atoms with Crippen molar-refractivity contribution < 1.29 is 27.6 Å². The van der Waals surface area contributed by atoms with Gasteiger partial charge in [0.05, 0.1) is 0 Å². The number of rotatable bonds is 3. The third-order valence-electron chi connectivity index (χ3n) is 2.57. The number of amides is 4. The van der Waals surface area contributed by atoms with Crippen LogP contribution in [0.5, 0.6) is 0 Å². The summed E-state index contributed by atoms with van der Waals surface area (Å²) in [5.41, 5.74) is -3.37. The Labute approximate surface area is 107 Å². The van der Waals surface area contributed by atoms with E-state index < -0.39 is 29.7 Å². The minimum absolute atomic E-state index is 0.185. The van der Waals surface area contributed by atoms with Crippen LogP contribution < -0.4 is 10.6 Å². The SMILES string of the molecule is CC(C)CC(=O)N[C@]1(C(F)(F)F)NC(=O)N(C)C1=O. The number of urea groups is 1. The largest absolute Gasteiger partial charge is 0.440 e. The molecule has 0 unspecified atom stereocenters. The molecular formula is C10H14F3N3O3. The first-order valence-electron chi connectivity index (χ1n) is 5.49. The molecule has 0 aromatic carbocycles. The molecule has 0 aliphatic carbocycles. The van der Waals surface area contributed by atoms with Crippen molar-refractivity contribution in [3.8, 4) is 0 Å². The van der Waals surface area contributed by atoms with Crippen LogP contribution >= 0.6 is 0 Å². The van der Waals surface area contributed by atoms with Crippen LogP contribution in [-0.4, -0.2) is 41.6 Å². The summed E-state index contributed by atoms with van der Waals surface area (Å²) in [4.78, 5) is 34.6. The minimum atomic E-state index is -5.13. The Kier molecular flexibility index (Phi) is 3.78. The zero-order valence-electron chi connectivity index (χ0n) is 10.6. The lowest BCUT2D eigenvalue weighted by atomic mass is 10.1. The Morgan fingerprint density at radius 1 is 1.42 bits per heavy atom. The van der Waals surface area contributed by atoms with Crippen molar-refractivity contribution in [1.82, 2.24) is 15.5 Å². The summed E-state index contributed by atoms with van der Waals surface area (Å²) < 4.78 is 39.1. The Balaban J connectivity index is 3.07. The molecule has 1 saturated heterocycles. The summed E-state index contributed by atoms with van der Waals surface area (Å²) in [5.74, 6) is -2.70. The van der Waals surface area contributed by atoms with Gasteiger partial charge in [-0.3, -0.25) is 19.8 Å². The quantitative estimate of drug-likeness (QED) is 0.743. The molecule has 2 N–H and O–H groups in total. The van der Waals surface area contributed by atoms with Crippen LogP contribution in [0.2, 0.25) is 0 Å². The third-order valence-corrected chi connectivity index (χ3v) is 2.57. The maximum atomic E-state index is 13.0. The number of hydrogen-bond donors (Lipinski definition) is 2. The molecule has 4 amide bonds. The second-order valence-electron chi connectivity index (χ2n) is 4.69. The molecule has 0 aromatic rings. The molecule has 1 atom stereocenters. The minimum Gasteiger partial charge on any atom is -0.318 e.